The lowest BCUT2D eigenvalue weighted by molar-refractivity contribution is -0.121. The number of hydrogen-bond donors (Lipinski definition) is 1. The van der Waals surface area contributed by atoms with Crippen LogP contribution in [0.1, 0.15) is 31.9 Å². The molecule has 120 valence electrons. The van der Waals surface area contributed by atoms with E-state index in [1.165, 1.54) is 5.56 Å². The van der Waals surface area contributed by atoms with Crippen molar-refractivity contribution in [3.05, 3.63) is 41.5 Å². The number of rotatable bonds is 3. The molecule has 0 aromatic heterocycles. The zero-order chi connectivity index (χ0) is 16.2. The predicted octanol–water partition coefficient (Wildman–Crippen LogP) is 2.28. The molecule has 1 aromatic rings. The number of piperazine rings is 1. The third-order valence-corrected chi connectivity index (χ3v) is 3.98. The Kier molecular flexibility index (Phi) is 5.37. The summed E-state index contributed by atoms with van der Waals surface area (Å²) in [6, 6.07) is 8.36. The molecule has 1 heterocycles. The minimum absolute atomic E-state index is 0.0653. The topological polar surface area (TPSA) is 35.6 Å². The molecule has 2 rings (SSSR count). The molecule has 4 nitrogen and oxygen atoms in total. The maximum atomic E-state index is 11.9. The average Bonchev–Trinajstić information content (AvgIpc) is 2.47. The summed E-state index contributed by atoms with van der Waals surface area (Å²) < 4.78 is 0. The minimum Gasteiger partial charge on any atom is -0.304 e. The van der Waals surface area contributed by atoms with E-state index in [0.717, 1.165) is 31.7 Å². The van der Waals surface area contributed by atoms with E-state index >= 15 is 0 Å². The highest BCUT2D eigenvalue weighted by Crippen LogP contribution is 2.22. The van der Waals surface area contributed by atoms with Gasteiger partial charge in [0.2, 0.25) is 0 Å². The summed E-state index contributed by atoms with van der Waals surface area (Å²) in [6.07, 6.45) is 3.46. The van der Waals surface area contributed by atoms with Gasteiger partial charge in [-0.3, -0.25) is 10.2 Å². The number of carbonyl (C=O) groups is 1. The van der Waals surface area contributed by atoms with Gasteiger partial charge in [-0.2, -0.15) is 0 Å². The summed E-state index contributed by atoms with van der Waals surface area (Å²) in [5.41, 5.74) is 5.42. The van der Waals surface area contributed by atoms with E-state index in [0.29, 0.717) is 0 Å². The molecule has 1 aromatic carbocycles. The first-order chi connectivity index (χ1) is 10.3. The third kappa shape index (κ3) is 4.97. The zero-order valence-electron chi connectivity index (χ0n) is 14.1. The molecule has 1 aliphatic heterocycles. The standard InChI is InChI=1S/C18H27N3O/c1-18(2,3)16-8-5-15(6-9-16)7-10-17(22)19-21-13-11-20(4)12-14-21/h5-10H,11-14H2,1-4H3,(H,19,22)/b10-7+. The molecule has 1 saturated heterocycles. The number of nitrogens with zero attached hydrogens (tertiary/aromatic N) is 2. The van der Waals surface area contributed by atoms with Gasteiger partial charge in [0.1, 0.15) is 0 Å². The smallest absolute Gasteiger partial charge is 0.258 e. The van der Waals surface area contributed by atoms with Gasteiger partial charge in [-0.1, -0.05) is 45.0 Å². The number of amides is 1. The van der Waals surface area contributed by atoms with Crippen molar-refractivity contribution in [3.63, 3.8) is 0 Å². The van der Waals surface area contributed by atoms with Gasteiger partial charge in [0.05, 0.1) is 0 Å². The molecule has 0 radical (unpaired) electrons. The summed E-state index contributed by atoms with van der Waals surface area (Å²) >= 11 is 0. The molecule has 1 N–H and O–H groups in total. The van der Waals surface area contributed by atoms with E-state index in [-0.39, 0.29) is 11.3 Å². The monoisotopic (exact) mass is 301 g/mol. The highest BCUT2D eigenvalue weighted by molar-refractivity contribution is 5.91. The van der Waals surface area contributed by atoms with Crippen molar-refractivity contribution in [1.29, 1.82) is 0 Å². The van der Waals surface area contributed by atoms with Crippen LogP contribution in [0.5, 0.6) is 0 Å². The largest absolute Gasteiger partial charge is 0.304 e. The number of carbonyl (C=O) groups excluding carboxylic acids is 1. The molecule has 0 aliphatic carbocycles. The Bertz CT molecular complexity index is 520. The summed E-state index contributed by atoms with van der Waals surface area (Å²) in [6.45, 7) is 10.3. The van der Waals surface area contributed by atoms with E-state index in [1.54, 1.807) is 6.08 Å². The summed E-state index contributed by atoms with van der Waals surface area (Å²) in [4.78, 5) is 14.2. The number of nitrogens with one attached hydrogen (secondary N) is 1. The second-order valence-corrected chi connectivity index (χ2v) is 6.97. The van der Waals surface area contributed by atoms with Gasteiger partial charge in [0.25, 0.3) is 5.91 Å². The minimum atomic E-state index is -0.0653. The fourth-order valence-electron chi connectivity index (χ4n) is 2.38. The molecule has 22 heavy (non-hydrogen) atoms. The summed E-state index contributed by atoms with van der Waals surface area (Å²) in [5, 5.41) is 1.98. The van der Waals surface area contributed by atoms with Crippen LogP contribution in [0, 0.1) is 0 Å². The summed E-state index contributed by atoms with van der Waals surface area (Å²) in [7, 11) is 2.10. The van der Waals surface area contributed by atoms with E-state index in [2.05, 4.69) is 62.4 Å². The first kappa shape index (κ1) is 16.7. The number of hydrazine groups is 1. The number of likely N-dealkylation sites (N-methyl/N-ethyl adjacent to an activating group) is 1. The maximum absolute atomic E-state index is 11.9. The maximum Gasteiger partial charge on any atom is 0.258 e. The van der Waals surface area contributed by atoms with Crippen molar-refractivity contribution in [3.8, 4) is 0 Å². The van der Waals surface area contributed by atoms with Crippen molar-refractivity contribution >= 4 is 12.0 Å². The van der Waals surface area contributed by atoms with Crippen LogP contribution in [-0.2, 0) is 10.2 Å². The van der Waals surface area contributed by atoms with Crippen molar-refractivity contribution in [2.75, 3.05) is 33.2 Å². The van der Waals surface area contributed by atoms with Gasteiger partial charge in [0.15, 0.2) is 0 Å². The highest BCUT2D eigenvalue weighted by Gasteiger charge is 2.14. The lowest BCUT2D eigenvalue weighted by atomic mass is 9.87. The number of benzene rings is 1. The highest BCUT2D eigenvalue weighted by atomic mass is 16.2. The Balaban J connectivity index is 1.87. The molecule has 1 amide bonds. The van der Waals surface area contributed by atoms with Gasteiger partial charge in [0, 0.05) is 32.3 Å². The average molecular weight is 301 g/mol. The molecule has 0 spiro atoms. The van der Waals surface area contributed by atoms with Gasteiger partial charge in [-0.25, -0.2) is 5.01 Å². The summed E-state index contributed by atoms with van der Waals surface area (Å²) in [5.74, 6) is -0.0653. The van der Waals surface area contributed by atoms with Crippen LogP contribution in [0.2, 0.25) is 0 Å². The van der Waals surface area contributed by atoms with E-state index in [4.69, 9.17) is 0 Å². The van der Waals surface area contributed by atoms with Crippen LogP contribution in [0.4, 0.5) is 0 Å². The third-order valence-electron chi connectivity index (χ3n) is 3.98. The van der Waals surface area contributed by atoms with Crippen LogP contribution in [0.25, 0.3) is 6.08 Å². The Morgan fingerprint density at radius 3 is 2.23 bits per heavy atom. The van der Waals surface area contributed by atoms with Gasteiger partial charge < -0.3 is 4.90 Å². The van der Waals surface area contributed by atoms with Crippen LogP contribution >= 0.6 is 0 Å². The van der Waals surface area contributed by atoms with E-state index in [9.17, 15) is 4.79 Å². The lowest BCUT2D eigenvalue weighted by Gasteiger charge is -2.31. The fourth-order valence-corrected chi connectivity index (χ4v) is 2.38. The first-order valence-corrected chi connectivity index (χ1v) is 7.87. The molecular weight excluding hydrogens is 274 g/mol. The van der Waals surface area contributed by atoms with Crippen LogP contribution in [-0.4, -0.2) is 49.0 Å². The van der Waals surface area contributed by atoms with Gasteiger partial charge in [-0.15, -0.1) is 0 Å². The number of hydrogen-bond acceptors (Lipinski definition) is 3. The molecule has 0 bridgehead atoms. The first-order valence-electron chi connectivity index (χ1n) is 7.87. The molecular formula is C18H27N3O. The zero-order valence-corrected chi connectivity index (χ0v) is 14.1. The van der Waals surface area contributed by atoms with Crippen molar-refractivity contribution in [2.45, 2.75) is 26.2 Å². The fraction of sp³-hybridized carbons (Fsp3) is 0.500. The Morgan fingerprint density at radius 2 is 1.68 bits per heavy atom. The van der Waals surface area contributed by atoms with E-state index < -0.39 is 0 Å². The van der Waals surface area contributed by atoms with Gasteiger partial charge >= 0.3 is 0 Å². The molecule has 0 atom stereocenters. The van der Waals surface area contributed by atoms with Crippen LogP contribution < -0.4 is 5.43 Å². The Morgan fingerprint density at radius 1 is 1.09 bits per heavy atom. The van der Waals surface area contributed by atoms with Crippen molar-refractivity contribution < 1.29 is 4.79 Å². The van der Waals surface area contributed by atoms with Gasteiger partial charge in [-0.05, 0) is 29.7 Å². The molecule has 4 heteroatoms. The molecule has 1 fully saturated rings. The molecule has 0 unspecified atom stereocenters. The molecule has 0 saturated carbocycles. The van der Waals surface area contributed by atoms with Crippen molar-refractivity contribution in [1.82, 2.24) is 15.3 Å². The molecule has 1 aliphatic rings. The predicted molar refractivity (Wildman–Crippen MR) is 91.4 cm³/mol. The Labute approximate surface area is 133 Å². The second kappa shape index (κ2) is 7.07. The van der Waals surface area contributed by atoms with Crippen molar-refractivity contribution in [2.24, 2.45) is 0 Å². The Hall–Kier alpha value is -1.65. The second-order valence-electron chi connectivity index (χ2n) is 6.97. The quantitative estimate of drug-likeness (QED) is 0.870. The SMILES string of the molecule is CN1CCN(NC(=O)/C=C/c2ccc(C(C)(C)C)cc2)CC1. The normalized spacial score (nSPS) is 17.8. The lowest BCUT2D eigenvalue weighted by Crippen LogP contribution is -2.52. The van der Waals surface area contributed by atoms with E-state index in [1.807, 2.05) is 11.1 Å². The van der Waals surface area contributed by atoms with Crippen LogP contribution in [0.15, 0.2) is 30.3 Å². The van der Waals surface area contributed by atoms with Crippen LogP contribution in [0.3, 0.4) is 0 Å².